The minimum Gasteiger partial charge on any atom is -0.378 e. The zero-order valence-electron chi connectivity index (χ0n) is 12.2. The fourth-order valence-electron chi connectivity index (χ4n) is 2.82. The number of fused-ring (bicyclic) bond motifs is 1. The van der Waals surface area contributed by atoms with E-state index in [2.05, 4.69) is 21.5 Å². The molecule has 1 unspecified atom stereocenters. The summed E-state index contributed by atoms with van der Waals surface area (Å²) in [6.07, 6.45) is 5.92. The summed E-state index contributed by atoms with van der Waals surface area (Å²) in [5.74, 6) is 0. The van der Waals surface area contributed by atoms with Crippen molar-refractivity contribution in [3.63, 3.8) is 0 Å². The normalized spacial score (nSPS) is 19.0. The average Bonchev–Trinajstić information content (AvgIpc) is 3.05. The van der Waals surface area contributed by atoms with Crippen LogP contribution in [0, 0.1) is 6.92 Å². The van der Waals surface area contributed by atoms with E-state index in [9.17, 15) is 0 Å². The summed E-state index contributed by atoms with van der Waals surface area (Å²) in [5, 5.41) is 9.01. The van der Waals surface area contributed by atoms with Crippen molar-refractivity contribution in [3.05, 3.63) is 23.5 Å². The van der Waals surface area contributed by atoms with Gasteiger partial charge < -0.3 is 10.1 Å². The highest BCUT2D eigenvalue weighted by atomic mass is 16.5. The summed E-state index contributed by atoms with van der Waals surface area (Å²) < 4.78 is 7.45. The molecule has 5 heteroatoms. The van der Waals surface area contributed by atoms with Gasteiger partial charge in [-0.1, -0.05) is 0 Å². The molecule has 1 atom stereocenters. The Kier molecular flexibility index (Phi) is 3.98. The van der Waals surface area contributed by atoms with Gasteiger partial charge in [0.15, 0.2) is 5.65 Å². The number of ether oxygens (including phenoxy) is 1. The SMILES string of the molecule is Cc1nn(C)c2ncc(CNCCC3CCCO3)cc12. The molecule has 3 rings (SSSR count). The zero-order valence-corrected chi connectivity index (χ0v) is 12.2. The van der Waals surface area contributed by atoms with Crippen LogP contribution in [0.2, 0.25) is 0 Å². The third-order valence-corrected chi connectivity index (χ3v) is 3.92. The van der Waals surface area contributed by atoms with Crippen LogP contribution in [0.4, 0.5) is 0 Å². The molecule has 3 heterocycles. The van der Waals surface area contributed by atoms with Crippen molar-refractivity contribution in [3.8, 4) is 0 Å². The second-order valence-electron chi connectivity index (χ2n) is 5.52. The molecule has 0 aliphatic carbocycles. The monoisotopic (exact) mass is 274 g/mol. The molecular formula is C15H22N4O. The molecule has 1 N–H and O–H groups in total. The fraction of sp³-hybridized carbons (Fsp3) is 0.600. The van der Waals surface area contributed by atoms with Gasteiger partial charge in [-0.05, 0) is 44.4 Å². The molecule has 2 aromatic heterocycles. The van der Waals surface area contributed by atoms with Crippen molar-refractivity contribution in [1.82, 2.24) is 20.1 Å². The Labute approximate surface area is 119 Å². The number of hydrogen-bond acceptors (Lipinski definition) is 4. The van der Waals surface area contributed by atoms with E-state index in [1.807, 2.05) is 24.9 Å². The maximum atomic E-state index is 5.62. The van der Waals surface area contributed by atoms with E-state index < -0.39 is 0 Å². The lowest BCUT2D eigenvalue weighted by Gasteiger charge is -2.10. The number of aromatic nitrogens is 3. The van der Waals surface area contributed by atoms with Crippen molar-refractivity contribution in [2.75, 3.05) is 13.2 Å². The number of pyridine rings is 1. The van der Waals surface area contributed by atoms with Crippen LogP contribution < -0.4 is 5.32 Å². The molecule has 2 aromatic rings. The number of aryl methyl sites for hydroxylation is 2. The van der Waals surface area contributed by atoms with Crippen LogP contribution in [0.15, 0.2) is 12.3 Å². The molecule has 0 radical (unpaired) electrons. The minimum atomic E-state index is 0.462. The molecule has 1 aliphatic heterocycles. The van der Waals surface area contributed by atoms with E-state index in [-0.39, 0.29) is 0 Å². The number of nitrogens with zero attached hydrogens (tertiary/aromatic N) is 3. The average molecular weight is 274 g/mol. The molecule has 5 nitrogen and oxygen atoms in total. The molecule has 1 aliphatic rings. The van der Waals surface area contributed by atoms with Crippen LogP contribution >= 0.6 is 0 Å². The Balaban J connectivity index is 1.56. The first-order valence-electron chi connectivity index (χ1n) is 7.34. The molecule has 1 saturated heterocycles. The van der Waals surface area contributed by atoms with Crippen molar-refractivity contribution >= 4 is 11.0 Å². The largest absolute Gasteiger partial charge is 0.378 e. The Morgan fingerprint density at radius 3 is 3.20 bits per heavy atom. The van der Waals surface area contributed by atoms with Gasteiger partial charge >= 0.3 is 0 Å². The molecule has 1 fully saturated rings. The maximum Gasteiger partial charge on any atom is 0.157 e. The van der Waals surface area contributed by atoms with Crippen LogP contribution in [0.1, 0.15) is 30.5 Å². The molecule has 20 heavy (non-hydrogen) atoms. The lowest BCUT2D eigenvalue weighted by molar-refractivity contribution is 0.104. The Morgan fingerprint density at radius 1 is 1.50 bits per heavy atom. The highest BCUT2D eigenvalue weighted by Gasteiger charge is 2.14. The fourth-order valence-corrected chi connectivity index (χ4v) is 2.82. The predicted molar refractivity (Wildman–Crippen MR) is 78.5 cm³/mol. The van der Waals surface area contributed by atoms with Gasteiger partial charge in [0.25, 0.3) is 0 Å². The van der Waals surface area contributed by atoms with Crippen LogP contribution in [-0.2, 0) is 18.3 Å². The standard InChI is InChI=1S/C15H22N4O/c1-11-14-8-12(10-17-15(14)19(2)18-11)9-16-6-5-13-4-3-7-20-13/h8,10,13,16H,3-7,9H2,1-2H3. The van der Waals surface area contributed by atoms with Gasteiger partial charge in [0.05, 0.1) is 11.8 Å². The first kappa shape index (κ1) is 13.5. The summed E-state index contributed by atoms with van der Waals surface area (Å²) in [6, 6.07) is 2.18. The zero-order chi connectivity index (χ0) is 13.9. The number of rotatable bonds is 5. The van der Waals surface area contributed by atoms with E-state index in [1.54, 1.807) is 0 Å². The van der Waals surface area contributed by atoms with E-state index in [0.29, 0.717) is 6.10 Å². The summed E-state index contributed by atoms with van der Waals surface area (Å²) in [4.78, 5) is 4.49. The smallest absolute Gasteiger partial charge is 0.157 e. The van der Waals surface area contributed by atoms with E-state index in [1.165, 1.54) is 18.4 Å². The van der Waals surface area contributed by atoms with Crippen molar-refractivity contribution in [1.29, 1.82) is 0 Å². The van der Waals surface area contributed by atoms with Gasteiger partial charge in [0, 0.05) is 31.8 Å². The van der Waals surface area contributed by atoms with Crippen molar-refractivity contribution < 1.29 is 4.74 Å². The molecule has 108 valence electrons. The second kappa shape index (κ2) is 5.89. The van der Waals surface area contributed by atoms with Gasteiger partial charge in [0.2, 0.25) is 0 Å². The molecular weight excluding hydrogens is 252 g/mol. The number of nitrogens with one attached hydrogen (secondary N) is 1. The quantitative estimate of drug-likeness (QED) is 0.847. The third-order valence-electron chi connectivity index (χ3n) is 3.92. The number of hydrogen-bond donors (Lipinski definition) is 1. The summed E-state index contributed by atoms with van der Waals surface area (Å²) in [5.41, 5.74) is 3.20. The Bertz CT molecular complexity index is 587. The van der Waals surface area contributed by atoms with E-state index in [0.717, 1.165) is 42.8 Å². The Hall–Kier alpha value is -1.46. The first-order chi connectivity index (χ1) is 9.74. The summed E-state index contributed by atoms with van der Waals surface area (Å²) >= 11 is 0. The Morgan fingerprint density at radius 2 is 2.40 bits per heavy atom. The molecule has 0 aromatic carbocycles. The molecule has 0 spiro atoms. The van der Waals surface area contributed by atoms with Gasteiger partial charge in [-0.15, -0.1) is 0 Å². The maximum absolute atomic E-state index is 5.62. The van der Waals surface area contributed by atoms with E-state index >= 15 is 0 Å². The van der Waals surface area contributed by atoms with Crippen LogP contribution in [-0.4, -0.2) is 34.0 Å². The van der Waals surface area contributed by atoms with Crippen molar-refractivity contribution in [2.24, 2.45) is 7.05 Å². The highest BCUT2D eigenvalue weighted by molar-refractivity contribution is 5.78. The van der Waals surface area contributed by atoms with Gasteiger partial charge in [0.1, 0.15) is 0 Å². The van der Waals surface area contributed by atoms with Crippen LogP contribution in [0.5, 0.6) is 0 Å². The lowest BCUT2D eigenvalue weighted by atomic mass is 10.2. The van der Waals surface area contributed by atoms with Crippen LogP contribution in [0.25, 0.3) is 11.0 Å². The van der Waals surface area contributed by atoms with E-state index in [4.69, 9.17) is 4.74 Å². The minimum absolute atomic E-state index is 0.462. The third kappa shape index (κ3) is 2.83. The lowest BCUT2D eigenvalue weighted by Crippen LogP contribution is -2.19. The van der Waals surface area contributed by atoms with Gasteiger partial charge in [-0.3, -0.25) is 4.68 Å². The topological polar surface area (TPSA) is 52.0 Å². The predicted octanol–water partition coefficient (Wildman–Crippen LogP) is 1.94. The van der Waals surface area contributed by atoms with Crippen molar-refractivity contribution in [2.45, 2.75) is 38.8 Å². The van der Waals surface area contributed by atoms with Gasteiger partial charge in [-0.2, -0.15) is 5.10 Å². The molecule has 0 bridgehead atoms. The molecule has 0 amide bonds. The molecule has 0 saturated carbocycles. The second-order valence-corrected chi connectivity index (χ2v) is 5.52. The highest BCUT2D eigenvalue weighted by Crippen LogP contribution is 2.17. The van der Waals surface area contributed by atoms with Crippen LogP contribution in [0.3, 0.4) is 0 Å². The summed E-state index contributed by atoms with van der Waals surface area (Å²) in [6.45, 7) is 4.81. The van der Waals surface area contributed by atoms with Gasteiger partial charge in [-0.25, -0.2) is 4.98 Å². The first-order valence-corrected chi connectivity index (χ1v) is 7.34. The summed E-state index contributed by atoms with van der Waals surface area (Å²) in [7, 11) is 1.93.